The third-order valence-corrected chi connectivity index (χ3v) is 15.1. The van der Waals surface area contributed by atoms with E-state index in [1.54, 1.807) is 10.8 Å². The SMILES string of the molecule is C[Si](C)(C)c1cnc(-c2[c-]cccc2)cc1CC1CCCCC1.Cc1ccc2c(n1)oc1c(-c3nc4ccccc4n3-c3c(C(C)C)c4ccccc4c4ccccc34)[c-]ccc12.[Ir]. The maximum atomic E-state index is 6.45. The van der Waals surface area contributed by atoms with Gasteiger partial charge in [0, 0.05) is 42.8 Å². The Balaban J connectivity index is 0.000000185. The molecule has 1 radical (unpaired) electrons. The van der Waals surface area contributed by atoms with E-state index in [0.29, 0.717) is 5.71 Å². The van der Waals surface area contributed by atoms with Crippen LogP contribution in [0.25, 0.3) is 83.0 Å². The largest absolute Gasteiger partial charge is 0.486 e. The topological polar surface area (TPSA) is 56.7 Å². The van der Waals surface area contributed by atoms with Gasteiger partial charge in [-0.05, 0) is 82.0 Å². The predicted molar refractivity (Wildman–Crippen MR) is 266 cm³/mol. The Morgan fingerprint density at radius 1 is 0.719 bits per heavy atom. The fourth-order valence-corrected chi connectivity index (χ4v) is 11.6. The van der Waals surface area contributed by atoms with Crippen LogP contribution in [0.2, 0.25) is 19.6 Å². The van der Waals surface area contributed by atoms with Gasteiger partial charge in [0.15, 0.2) is 0 Å². The van der Waals surface area contributed by atoms with E-state index in [0.717, 1.165) is 67.3 Å². The van der Waals surface area contributed by atoms with Crippen molar-refractivity contribution in [3.05, 3.63) is 163 Å². The number of benzene rings is 6. The summed E-state index contributed by atoms with van der Waals surface area (Å²) in [4.78, 5) is 14.7. The Hall–Kier alpha value is -5.72. The molecule has 323 valence electrons. The quantitative estimate of drug-likeness (QED) is 0.0907. The van der Waals surface area contributed by atoms with Gasteiger partial charge in [0.25, 0.3) is 0 Å². The number of imidazole rings is 1. The van der Waals surface area contributed by atoms with Crippen molar-refractivity contribution in [3.8, 4) is 28.3 Å². The van der Waals surface area contributed by atoms with E-state index < -0.39 is 8.07 Å². The van der Waals surface area contributed by atoms with Crippen LogP contribution < -0.4 is 5.19 Å². The molecule has 10 aromatic rings. The van der Waals surface area contributed by atoms with Gasteiger partial charge < -0.3 is 14.0 Å². The number of nitrogens with zero attached hydrogens (tertiary/aromatic N) is 4. The first-order valence-corrected chi connectivity index (χ1v) is 26.2. The van der Waals surface area contributed by atoms with Crippen molar-refractivity contribution in [2.45, 2.75) is 84.9 Å². The summed E-state index contributed by atoms with van der Waals surface area (Å²) in [6.07, 6.45) is 10.5. The van der Waals surface area contributed by atoms with Crippen molar-refractivity contribution in [2.24, 2.45) is 5.92 Å². The van der Waals surface area contributed by atoms with Gasteiger partial charge >= 0.3 is 0 Å². The number of para-hydroxylation sites is 2. The second-order valence-corrected chi connectivity index (χ2v) is 23.8. The zero-order valence-corrected chi connectivity index (χ0v) is 41.0. The molecule has 4 aromatic heterocycles. The Labute approximate surface area is 391 Å². The summed E-state index contributed by atoms with van der Waals surface area (Å²) >= 11 is 0. The van der Waals surface area contributed by atoms with Crippen LogP contribution in [0.4, 0.5) is 0 Å². The monoisotopic (exact) mass is 1030 g/mol. The standard InChI is InChI=1S/C36H26N3O.C21H28NSi.Ir/c1-21(2)32-25-13-6-4-11-23(25)24-12-5-7-14-26(24)33(32)39-31-18-9-8-17-30(31)38-35(39)29-16-10-15-27-28-20-19-22(3)37-36(28)40-34(27)29;1-23(2,3)21-16-22-20(18-12-8-5-9-13-18)15-19(21)14-17-10-6-4-7-11-17;/h4-15,17-21H,1-3H3;5,8-9,12,15-17H,4,6-7,10-11,14H2,1-3H3;/q2*-1;. The molecule has 64 heavy (non-hydrogen) atoms. The Morgan fingerprint density at radius 3 is 2.16 bits per heavy atom. The summed E-state index contributed by atoms with van der Waals surface area (Å²) in [5.41, 5.74) is 11.3. The van der Waals surface area contributed by atoms with Gasteiger partial charge in [0.2, 0.25) is 5.71 Å². The summed E-state index contributed by atoms with van der Waals surface area (Å²) in [6, 6.07) is 51.3. The molecule has 0 N–H and O–H groups in total. The minimum Gasteiger partial charge on any atom is -0.486 e. The molecule has 1 aliphatic rings. The normalized spacial score (nSPS) is 13.5. The summed E-state index contributed by atoms with van der Waals surface area (Å²) in [5.74, 6) is 1.95. The molecule has 0 bridgehead atoms. The molecule has 0 atom stereocenters. The maximum Gasteiger partial charge on any atom is 0.216 e. The van der Waals surface area contributed by atoms with Gasteiger partial charge in [-0.15, -0.1) is 54.1 Å². The number of aryl methyl sites for hydroxylation is 1. The molecule has 1 fully saturated rings. The van der Waals surface area contributed by atoms with Crippen molar-refractivity contribution in [1.29, 1.82) is 0 Å². The van der Waals surface area contributed by atoms with Crippen LogP contribution >= 0.6 is 0 Å². The predicted octanol–water partition coefficient (Wildman–Crippen LogP) is 14.7. The van der Waals surface area contributed by atoms with E-state index in [9.17, 15) is 0 Å². The molecule has 0 amide bonds. The number of aromatic nitrogens is 4. The van der Waals surface area contributed by atoms with Crippen molar-refractivity contribution < 1.29 is 24.5 Å². The molecular formula is C57H54IrN4OSi-2. The molecule has 6 aromatic carbocycles. The third-order valence-electron chi connectivity index (χ3n) is 13.0. The van der Waals surface area contributed by atoms with E-state index in [1.165, 1.54) is 65.6 Å². The molecular weight excluding hydrogens is 977 g/mol. The second-order valence-electron chi connectivity index (χ2n) is 18.7. The molecule has 1 saturated carbocycles. The average molecular weight is 1030 g/mol. The minimum absolute atomic E-state index is 0. The maximum absolute atomic E-state index is 6.45. The van der Waals surface area contributed by atoms with E-state index >= 15 is 0 Å². The number of hydrogen-bond donors (Lipinski definition) is 0. The summed E-state index contributed by atoms with van der Waals surface area (Å²) in [7, 11) is -1.36. The molecule has 7 heteroatoms. The number of fused-ring (bicyclic) bond motifs is 7. The second kappa shape index (κ2) is 18.0. The first-order chi connectivity index (χ1) is 30.6. The molecule has 0 unspecified atom stereocenters. The van der Waals surface area contributed by atoms with Gasteiger partial charge in [-0.3, -0.25) is 4.98 Å². The summed E-state index contributed by atoms with van der Waals surface area (Å²) in [5, 5.41) is 8.52. The minimum atomic E-state index is -1.36. The van der Waals surface area contributed by atoms with Gasteiger partial charge in [-0.2, -0.15) is 0 Å². The molecule has 0 spiro atoms. The summed E-state index contributed by atoms with van der Waals surface area (Å²) in [6.45, 7) is 13.8. The van der Waals surface area contributed by atoms with Crippen LogP contribution in [-0.2, 0) is 26.5 Å². The Bertz CT molecular complexity index is 3280. The smallest absolute Gasteiger partial charge is 0.216 e. The molecule has 0 aliphatic heterocycles. The van der Waals surface area contributed by atoms with Gasteiger partial charge in [-0.25, -0.2) is 4.98 Å². The molecule has 1 aliphatic carbocycles. The number of furan rings is 1. The van der Waals surface area contributed by atoms with E-state index in [2.05, 4.69) is 158 Å². The van der Waals surface area contributed by atoms with Crippen LogP contribution in [0.15, 0.2) is 138 Å². The van der Waals surface area contributed by atoms with Crippen molar-refractivity contribution >= 4 is 67.9 Å². The van der Waals surface area contributed by atoms with E-state index in [1.807, 2.05) is 37.3 Å². The first-order valence-electron chi connectivity index (χ1n) is 22.7. The van der Waals surface area contributed by atoms with Crippen LogP contribution in [0.3, 0.4) is 0 Å². The summed E-state index contributed by atoms with van der Waals surface area (Å²) < 4.78 is 8.78. The van der Waals surface area contributed by atoms with Crippen LogP contribution in [0.5, 0.6) is 0 Å². The van der Waals surface area contributed by atoms with Crippen LogP contribution in [0.1, 0.15) is 68.7 Å². The fourth-order valence-electron chi connectivity index (χ4n) is 10.0. The molecule has 11 rings (SSSR count). The molecule has 5 nitrogen and oxygen atoms in total. The first kappa shape index (κ1) is 43.5. The van der Waals surface area contributed by atoms with Crippen molar-refractivity contribution in [2.75, 3.05) is 0 Å². The number of hydrogen-bond acceptors (Lipinski definition) is 4. The number of pyridine rings is 2. The van der Waals surface area contributed by atoms with Gasteiger partial charge in [0.05, 0.1) is 36.2 Å². The van der Waals surface area contributed by atoms with Crippen molar-refractivity contribution in [1.82, 2.24) is 19.5 Å². The Morgan fingerprint density at radius 2 is 1.42 bits per heavy atom. The zero-order chi connectivity index (χ0) is 43.2. The molecule has 0 saturated heterocycles. The van der Waals surface area contributed by atoms with Gasteiger partial charge in [0.1, 0.15) is 0 Å². The average Bonchev–Trinajstić information content (AvgIpc) is 3.87. The Kier molecular flexibility index (Phi) is 12.3. The third kappa shape index (κ3) is 8.15. The van der Waals surface area contributed by atoms with Gasteiger partial charge in [-0.1, -0.05) is 149 Å². The number of rotatable bonds is 7. The van der Waals surface area contributed by atoms with E-state index in [4.69, 9.17) is 14.4 Å². The zero-order valence-electron chi connectivity index (χ0n) is 37.6. The van der Waals surface area contributed by atoms with Crippen LogP contribution in [-0.4, -0.2) is 27.6 Å². The van der Waals surface area contributed by atoms with E-state index in [-0.39, 0.29) is 26.0 Å². The van der Waals surface area contributed by atoms with Crippen molar-refractivity contribution in [3.63, 3.8) is 0 Å². The van der Waals surface area contributed by atoms with Crippen LogP contribution in [0, 0.1) is 25.0 Å². The molecule has 4 heterocycles. The fraction of sp³-hybridized carbons (Fsp3) is 0.246.